The second kappa shape index (κ2) is 6.77. The van der Waals surface area contributed by atoms with Crippen LogP contribution in [0.3, 0.4) is 0 Å². The summed E-state index contributed by atoms with van der Waals surface area (Å²) in [7, 11) is 3.19. The van der Waals surface area contributed by atoms with E-state index >= 15 is 0 Å². The lowest BCUT2D eigenvalue weighted by atomic mass is 10.2. The molecule has 1 aromatic carbocycles. The standard InChI is InChI=1S/C15H15N3O2S/c1-10-9-21-15(18-10)11(7-16)8-17-13-6-12(19-2)4-5-14(13)20-3/h4-6,8-9,17H,1-3H3/b11-8+. The highest BCUT2D eigenvalue weighted by Crippen LogP contribution is 2.29. The Morgan fingerprint density at radius 2 is 2.19 bits per heavy atom. The van der Waals surface area contributed by atoms with Gasteiger partial charge in [0.25, 0.3) is 0 Å². The molecule has 2 rings (SSSR count). The maximum atomic E-state index is 9.25. The number of benzene rings is 1. The number of nitrogens with zero attached hydrogens (tertiary/aromatic N) is 2. The highest BCUT2D eigenvalue weighted by molar-refractivity contribution is 7.10. The number of aromatic nitrogens is 1. The van der Waals surface area contributed by atoms with Crippen LogP contribution in [0.4, 0.5) is 5.69 Å². The quantitative estimate of drug-likeness (QED) is 0.857. The molecular weight excluding hydrogens is 286 g/mol. The van der Waals surface area contributed by atoms with E-state index in [1.807, 2.05) is 18.4 Å². The number of ether oxygens (including phenoxy) is 2. The summed E-state index contributed by atoms with van der Waals surface area (Å²) < 4.78 is 10.5. The number of methoxy groups -OCH3 is 2. The van der Waals surface area contributed by atoms with Gasteiger partial charge < -0.3 is 14.8 Å². The number of hydrogen-bond donors (Lipinski definition) is 1. The predicted molar refractivity (Wildman–Crippen MR) is 83.6 cm³/mol. The summed E-state index contributed by atoms with van der Waals surface area (Å²) in [5, 5.41) is 14.9. The molecule has 1 heterocycles. The number of anilines is 1. The van der Waals surface area contributed by atoms with Crippen molar-refractivity contribution in [3.8, 4) is 17.6 Å². The third-order valence-corrected chi connectivity index (χ3v) is 3.74. The molecule has 0 aliphatic rings. The molecule has 0 saturated heterocycles. The minimum Gasteiger partial charge on any atom is -0.497 e. The molecule has 0 bridgehead atoms. The van der Waals surface area contributed by atoms with Crippen LogP contribution < -0.4 is 14.8 Å². The summed E-state index contributed by atoms with van der Waals surface area (Å²) in [5.74, 6) is 1.37. The van der Waals surface area contributed by atoms with E-state index in [0.717, 1.165) is 11.4 Å². The molecule has 0 amide bonds. The number of allylic oxidation sites excluding steroid dienone is 1. The monoisotopic (exact) mass is 301 g/mol. The normalized spacial score (nSPS) is 10.9. The topological polar surface area (TPSA) is 67.2 Å². The number of aryl methyl sites for hydroxylation is 1. The lowest BCUT2D eigenvalue weighted by Crippen LogP contribution is -1.96. The van der Waals surface area contributed by atoms with E-state index in [1.54, 1.807) is 32.6 Å². The van der Waals surface area contributed by atoms with Crippen LogP contribution in [0.2, 0.25) is 0 Å². The first-order valence-corrected chi connectivity index (χ1v) is 7.07. The van der Waals surface area contributed by atoms with Gasteiger partial charge in [0.05, 0.1) is 19.9 Å². The maximum absolute atomic E-state index is 9.25. The van der Waals surface area contributed by atoms with E-state index in [9.17, 15) is 5.26 Å². The molecule has 2 aromatic rings. The fourth-order valence-electron chi connectivity index (χ4n) is 1.70. The van der Waals surface area contributed by atoms with Crippen molar-refractivity contribution in [2.45, 2.75) is 6.92 Å². The molecule has 21 heavy (non-hydrogen) atoms. The molecule has 6 heteroatoms. The Bertz CT molecular complexity index is 701. The van der Waals surface area contributed by atoms with Gasteiger partial charge in [-0.05, 0) is 19.1 Å². The molecule has 1 aromatic heterocycles. The van der Waals surface area contributed by atoms with E-state index in [0.29, 0.717) is 22.1 Å². The van der Waals surface area contributed by atoms with Gasteiger partial charge in [-0.1, -0.05) is 0 Å². The van der Waals surface area contributed by atoms with Gasteiger partial charge in [-0.3, -0.25) is 0 Å². The Hall–Kier alpha value is -2.52. The molecule has 5 nitrogen and oxygen atoms in total. The van der Waals surface area contributed by atoms with Crippen molar-refractivity contribution < 1.29 is 9.47 Å². The zero-order valence-electron chi connectivity index (χ0n) is 12.0. The number of thiazole rings is 1. The summed E-state index contributed by atoms with van der Waals surface area (Å²) in [6, 6.07) is 7.55. The van der Waals surface area contributed by atoms with Gasteiger partial charge in [0.2, 0.25) is 0 Å². The van der Waals surface area contributed by atoms with E-state index in [-0.39, 0.29) is 0 Å². The average Bonchev–Trinajstić information content (AvgIpc) is 2.94. The largest absolute Gasteiger partial charge is 0.497 e. The third kappa shape index (κ3) is 3.52. The van der Waals surface area contributed by atoms with Crippen molar-refractivity contribution in [2.24, 2.45) is 0 Å². The van der Waals surface area contributed by atoms with Crippen molar-refractivity contribution in [3.05, 3.63) is 40.5 Å². The molecule has 0 atom stereocenters. The summed E-state index contributed by atoms with van der Waals surface area (Å²) in [5.41, 5.74) is 2.09. The second-order valence-electron chi connectivity index (χ2n) is 4.17. The van der Waals surface area contributed by atoms with Crippen LogP contribution in [0.5, 0.6) is 11.5 Å². The van der Waals surface area contributed by atoms with E-state index in [4.69, 9.17) is 9.47 Å². The lowest BCUT2D eigenvalue weighted by Gasteiger charge is -2.10. The Balaban J connectivity index is 2.28. The minimum atomic E-state index is 0.470. The highest BCUT2D eigenvalue weighted by atomic mass is 32.1. The van der Waals surface area contributed by atoms with Crippen LogP contribution in [0.25, 0.3) is 5.57 Å². The summed E-state index contributed by atoms with van der Waals surface area (Å²) >= 11 is 1.44. The highest BCUT2D eigenvalue weighted by Gasteiger charge is 2.07. The smallest absolute Gasteiger partial charge is 0.142 e. The minimum absolute atomic E-state index is 0.470. The number of nitriles is 1. The van der Waals surface area contributed by atoms with Crippen LogP contribution in [-0.4, -0.2) is 19.2 Å². The number of hydrogen-bond acceptors (Lipinski definition) is 6. The van der Waals surface area contributed by atoms with Gasteiger partial charge in [0.1, 0.15) is 28.1 Å². The van der Waals surface area contributed by atoms with E-state index < -0.39 is 0 Å². The van der Waals surface area contributed by atoms with Gasteiger partial charge in [-0.2, -0.15) is 5.26 Å². The van der Waals surface area contributed by atoms with Crippen molar-refractivity contribution in [1.29, 1.82) is 5.26 Å². The van der Waals surface area contributed by atoms with Gasteiger partial charge in [-0.25, -0.2) is 4.98 Å². The lowest BCUT2D eigenvalue weighted by molar-refractivity contribution is 0.405. The van der Waals surface area contributed by atoms with Gasteiger partial charge in [0, 0.05) is 23.3 Å². The van der Waals surface area contributed by atoms with Crippen LogP contribution >= 0.6 is 11.3 Å². The van der Waals surface area contributed by atoms with Crippen LogP contribution in [-0.2, 0) is 0 Å². The van der Waals surface area contributed by atoms with Crippen LogP contribution in [0.15, 0.2) is 29.8 Å². The van der Waals surface area contributed by atoms with Gasteiger partial charge in [-0.15, -0.1) is 11.3 Å². The predicted octanol–water partition coefficient (Wildman–Crippen LogP) is 3.45. The fourth-order valence-corrected chi connectivity index (χ4v) is 2.46. The Morgan fingerprint density at radius 3 is 2.76 bits per heavy atom. The molecule has 0 saturated carbocycles. The molecular formula is C15H15N3O2S. The first kappa shape index (κ1) is 14.9. The molecule has 0 spiro atoms. The summed E-state index contributed by atoms with van der Waals surface area (Å²) in [6.45, 7) is 1.90. The molecule has 0 aliphatic heterocycles. The number of nitrogens with one attached hydrogen (secondary N) is 1. The summed E-state index contributed by atoms with van der Waals surface area (Å²) in [6.07, 6.45) is 1.62. The van der Waals surface area contributed by atoms with Crippen LogP contribution in [0.1, 0.15) is 10.7 Å². The SMILES string of the molecule is COc1ccc(OC)c(N/C=C(\C#N)c2nc(C)cs2)c1. The van der Waals surface area contributed by atoms with E-state index in [2.05, 4.69) is 16.4 Å². The Kier molecular flexibility index (Phi) is 4.80. The van der Waals surface area contributed by atoms with Crippen molar-refractivity contribution in [1.82, 2.24) is 4.98 Å². The Labute approximate surface area is 127 Å². The number of rotatable bonds is 5. The molecule has 108 valence electrons. The molecule has 0 aliphatic carbocycles. The second-order valence-corrected chi connectivity index (χ2v) is 5.03. The van der Waals surface area contributed by atoms with Crippen molar-refractivity contribution >= 4 is 22.6 Å². The fraction of sp³-hybridized carbons (Fsp3) is 0.200. The van der Waals surface area contributed by atoms with Gasteiger partial charge in [0.15, 0.2) is 0 Å². The van der Waals surface area contributed by atoms with E-state index in [1.165, 1.54) is 11.3 Å². The van der Waals surface area contributed by atoms with Crippen molar-refractivity contribution in [3.63, 3.8) is 0 Å². The maximum Gasteiger partial charge on any atom is 0.142 e. The van der Waals surface area contributed by atoms with Gasteiger partial charge >= 0.3 is 0 Å². The van der Waals surface area contributed by atoms with Crippen molar-refractivity contribution in [2.75, 3.05) is 19.5 Å². The molecule has 0 unspecified atom stereocenters. The summed E-state index contributed by atoms with van der Waals surface area (Å²) in [4.78, 5) is 4.30. The first-order chi connectivity index (χ1) is 10.2. The zero-order valence-corrected chi connectivity index (χ0v) is 12.8. The Morgan fingerprint density at radius 1 is 1.38 bits per heavy atom. The molecule has 0 radical (unpaired) electrons. The zero-order chi connectivity index (χ0) is 15.2. The van der Waals surface area contributed by atoms with Crippen LogP contribution in [0, 0.1) is 18.3 Å². The third-order valence-electron chi connectivity index (χ3n) is 2.75. The molecule has 1 N–H and O–H groups in total. The average molecular weight is 301 g/mol. The first-order valence-electron chi connectivity index (χ1n) is 6.19. The molecule has 0 fully saturated rings.